The number of aryl methyl sites for hydroxylation is 1. The molecule has 0 fully saturated rings. The van der Waals surface area contributed by atoms with Crippen LogP contribution >= 0.6 is 11.6 Å². The number of nitrogens with one attached hydrogen (secondary N) is 1. The van der Waals surface area contributed by atoms with Gasteiger partial charge in [0.1, 0.15) is 0 Å². The molecule has 1 aliphatic heterocycles. The molecule has 0 aliphatic carbocycles. The first kappa shape index (κ1) is 14.5. The smallest absolute Gasteiger partial charge is 0.263 e. The Balaban J connectivity index is 2.00. The van der Waals surface area contributed by atoms with Crippen LogP contribution in [0.15, 0.2) is 42.5 Å². The van der Waals surface area contributed by atoms with Crippen LogP contribution in [0.2, 0.25) is 5.02 Å². The van der Waals surface area contributed by atoms with Crippen LogP contribution in [0.5, 0.6) is 0 Å². The van der Waals surface area contributed by atoms with Gasteiger partial charge in [-0.15, -0.1) is 0 Å². The summed E-state index contributed by atoms with van der Waals surface area (Å²) in [5, 5.41) is 4.97. The maximum Gasteiger partial charge on any atom is 0.263 e. The van der Waals surface area contributed by atoms with Crippen molar-refractivity contribution >= 4 is 28.4 Å². The molecule has 1 aliphatic rings. The van der Waals surface area contributed by atoms with E-state index >= 15 is 0 Å². The lowest BCUT2D eigenvalue weighted by molar-refractivity contribution is 0.0973. The van der Waals surface area contributed by atoms with Crippen molar-refractivity contribution in [2.75, 3.05) is 13.6 Å². The second-order valence-electron chi connectivity index (χ2n) is 5.88. The normalized spacial score (nSPS) is 12.7. The number of carbonyl (C=O) groups excluding carboxylic acids is 1. The standard InChI is InChI=1S/C19H17ClN2O/c1-21-10-4-7-14-13-9-8-12(20)11-17(13)22-18(14)15-5-2-3-6-16(15)19(22)23/h2-3,5-6,8-9,11,21H,4,7,10H2,1H3. The van der Waals surface area contributed by atoms with E-state index in [2.05, 4.69) is 5.32 Å². The van der Waals surface area contributed by atoms with E-state index in [1.54, 1.807) is 0 Å². The molecule has 0 spiro atoms. The lowest BCUT2D eigenvalue weighted by Crippen LogP contribution is -2.08. The van der Waals surface area contributed by atoms with Gasteiger partial charge in [0.05, 0.1) is 11.2 Å². The fourth-order valence-corrected chi connectivity index (χ4v) is 3.68. The summed E-state index contributed by atoms with van der Waals surface area (Å²) in [7, 11) is 1.96. The average molecular weight is 325 g/mol. The lowest BCUT2D eigenvalue weighted by atomic mass is 9.99. The zero-order chi connectivity index (χ0) is 16.0. The highest BCUT2D eigenvalue weighted by atomic mass is 35.5. The van der Waals surface area contributed by atoms with E-state index in [1.807, 2.05) is 54.1 Å². The minimum Gasteiger partial charge on any atom is -0.320 e. The molecule has 2 aromatic carbocycles. The maximum absolute atomic E-state index is 12.9. The largest absolute Gasteiger partial charge is 0.320 e. The SMILES string of the molecule is CNCCCc1c2n(c3cc(Cl)ccc13)C(=O)c1ccccc1-2. The van der Waals surface area contributed by atoms with Crippen molar-refractivity contribution < 1.29 is 4.79 Å². The summed E-state index contributed by atoms with van der Waals surface area (Å²) < 4.78 is 1.83. The van der Waals surface area contributed by atoms with Crippen LogP contribution in [0, 0.1) is 0 Å². The maximum atomic E-state index is 12.9. The van der Waals surface area contributed by atoms with Gasteiger partial charge in [-0.05, 0) is 50.2 Å². The van der Waals surface area contributed by atoms with Crippen LogP contribution in [-0.2, 0) is 6.42 Å². The Morgan fingerprint density at radius 3 is 2.70 bits per heavy atom. The van der Waals surface area contributed by atoms with E-state index in [-0.39, 0.29) is 5.91 Å². The monoisotopic (exact) mass is 324 g/mol. The number of nitrogens with zero attached hydrogens (tertiary/aromatic N) is 1. The third-order valence-electron chi connectivity index (χ3n) is 4.50. The molecule has 0 radical (unpaired) electrons. The molecule has 0 saturated heterocycles. The molecule has 3 aromatic rings. The summed E-state index contributed by atoms with van der Waals surface area (Å²) >= 11 is 6.18. The lowest BCUT2D eigenvalue weighted by Gasteiger charge is -2.04. The van der Waals surface area contributed by atoms with Gasteiger partial charge in [0.15, 0.2) is 0 Å². The van der Waals surface area contributed by atoms with Gasteiger partial charge >= 0.3 is 0 Å². The molecule has 0 atom stereocenters. The Kier molecular flexibility index (Phi) is 3.47. The van der Waals surface area contributed by atoms with Gasteiger partial charge in [-0.2, -0.15) is 0 Å². The van der Waals surface area contributed by atoms with E-state index in [0.29, 0.717) is 5.02 Å². The number of hydrogen-bond acceptors (Lipinski definition) is 2. The predicted molar refractivity (Wildman–Crippen MR) is 94.4 cm³/mol. The molecule has 0 unspecified atom stereocenters. The second-order valence-corrected chi connectivity index (χ2v) is 6.32. The van der Waals surface area contributed by atoms with Gasteiger partial charge in [0, 0.05) is 21.5 Å². The van der Waals surface area contributed by atoms with E-state index in [4.69, 9.17) is 11.6 Å². The summed E-state index contributed by atoms with van der Waals surface area (Å²) in [6, 6.07) is 13.7. The van der Waals surface area contributed by atoms with Gasteiger partial charge in [0.2, 0.25) is 0 Å². The topological polar surface area (TPSA) is 34.0 Å². The first-order valence-electron chi connectivity index (χ1n) is 7.84. The van der Waals surface area contributed by atoms with E-state index in [9.17, 15) is 4.79 Å². The number of carbonyl (C=O) groups is 1. The number of fused-ring (bicyclic) bond motifs is 5. The van der Waals surface area contributed by atoms with Gasteiger partial charge in [-0.25, -0.2) is 0 Å². The minimum absolute atomic E-state index is 0.0442. The fourth-order valence-electron chi connectivity index (χ4n) is 3.51. The highest BCUT2D eigenvalue weighted by Gasteiger charge is 2.31. The van der Waals surface area contributed by atoms with Crippen LogP contribution in [0.4, 0.5) is 0 Å². The van der Waals surface area contributed by atoms with Gasteiger partial charge < -0.3 is 5.32 Å². The number of rotatable bonds is 4. The molecule has 1 N–H and O–H groups in total. The first-order valence-corrected chi connectivity index (χ1v) is 8.21. The molecule has 0 amide bonds. The first-order chi connectivity index (χ1) is 11.2. The summed E-state index contributed by atoms with van der Waals surface area (Å²) in [4.78, 5) is 12.9. The minimum atomic E-state index is 0.0442. The molecule has 0 bridgehead atoms. The number of aromatic nitrogens is 1. The van der Waals surface area contributed by atoms with Gasteiger partial charge in [0.25, 0.3) is 5.91 Å². The van der Waals surface area contributed by atoms with Crippen molar-refractivity contribution in [1.29, 1.82) is 0 Å². The van der Waals surface area contributed by atoms with Crippen molar-refractivity contribution in [1.82, 2.24) is 9.88 Å². The van der Waals surface area contributed by atoms with E-state index in [0.717, 1.165) is 47.1 Å². The zero-order valence-corrected chi connectivity index (χ0v) is 13.7. The Labute approximate surface area is 139 Å². The van der Waals surface area contributed by atoms with Crippen molar-refractivity contribution in [3.05, 3.63) is 58.6 Å². The third-order valence-corrected chi connectivity index (χ3v) is 4.74. The summed E-state index contributed by atoms with van der Waals surface area (Å²) in [5.41, 5.74) is 5.00. The van der Waals surface area contributed by atoms with Crippen LogP contribution < -0.4 is 5.32 Å². The zero-order valence-electron chi connectivity index (χ0n) is 12.9. The fraction of sp³-hybridized carbons (Fsp3) is 0.211. The van der Waals surface area contributed by atoms with Crippen LogP contribution in [-0.4, -0.2) is 24.1 Å². The molecule has 1 aromatic heterocycles. The third kappa shape index (κ3) is 2.12. The molecular weight excluding hydrogens is 308 g/mol. The van der Waals surface area contributed by atoms with E-state index in [1.165, 1.54) is 5.56 Å². The molecule has 2 heterocycles. The van der Waals surface area contributed by atoms with Crippen LogP contribution in [0.3, 0.4) is 0 Å². The van der Waals surface area contributed by atoms with Crippen LogP contribution in [0.25, 0.3) is 22.2 Å². The second kappa shape index (κ2) is 5.52. The predicted octanol–water partition coefficient (Wildman–Crippen LogP) is 4.12. The molecule has 3 nitrogen and oxygen atoms in total. The molecule has 0 saturated carbocycles. The molecule has 23 heavy (non-hydrogen) atoms. The summed E-state index contributed by atoms with van der Waals surface area (Å²) in [5.74, 6) is 0.0442. The van der Waals surface area contributed by atoms with Crippen molar-refractivity contribution in [3.63, 3.8) is 0 Å². The Morgan fingerprint density at radius 1 is 1.13 bits per heavy atom. The molecular formula is C19H17ClN2O. The van der Waals surface area contributed by atoms with Gasteiger partial charge in [-0.3, -0.25) is 9.36 Å². The average Bonchev–Trinajstić information content (AvgIpc) is 3.03. The highest BCUT2D eigenvalue weighted by Crippen LogP contribution is 2.42. The molecule has 4 rings (SSSR count). The van der Waals surface area contributed by atoms with Crippen LogP contribution in [0.1, 0.15) is 22.3 Å². The Hall–Kier alpha value is -2.10. The Bertz CT molecular complexity index is 927. The summed E-state index contributed by atoms with van der Waals surface area (Å²) in [6.07, 6.45) is 1.96. The number of benzene rings is 2. The van der Waals surface area contributed by atoms with E-state index < -0.39 is 0 Å². The van der Waals surface area contributed by atoms with Crippen molar-refractivity contribution in [2.45, 2.75) is 12.8 Å². The quantitative estimate of drug-likeness (QED) is 0.573. The number of halogens is 1. The van der Waals surface area contributed by atoms with Crippen molar-refractivity contribution in [2.24, 2.45) is 0 Å². The Morgan fingerprint density at radius 2 is 1.91 bits per heavy atom. The number of hydrogen-bond donors (Lipinski definition) is 1. The molecule has 4 heteroatoms. The highest BCUT2D eigenvalue weighted by molar-refractivity contribution is 6.31. The molecule has 116 valence electrons. The summed E-state index contributed by atoms with van der Waals surface area (Å²) in [6.45, 7) is 0.954. The van der Waals surface area contributed by atoms with Crippen molar-refractivity contribution in [3.8, 4) is 11.3 Å². The van der Waals surface area contributed by atoms with Gasteiger partial charge in [-0.1, -0.05) is 35.9 Å².